The zero-order valence-corrected chi connectivity index (χ0v) is 11.1. The number of benzene rings is 2. The van der Waals surface area contributed by atoms with Gasteiger partial charge in [0.15, 0.2) is 0 Å². The summed E-state index contributed by atoms with van der Waals surface area (Å²) in [5, 5.41) is 10.4. The zero-order chi connectivity index (χ0) is 13.8. The Labute approximate surface area is 117 Å². The Hall–Kier alpha value is -2.26. The number of para-hydroxylation sites is 1. The fourth-order valence-corrected chi connectivity index (χ4v) is 2.39. The van der Waals surface area contributed by atoms with Crippen LogP contribution in [0.1, 0.15) is 23.7 Å². The van der Waals surface area contributed by atoms with Crippen LogP contribution in [0.25, 0.3) is 11.0 Å². The summed E-state index contributed by atoms with van der Waals surface area (Å²) in [4.78, 5) is 8.60. The van der Waals surface area contributed by atoms with Gasteiger partial charge in [0.2, 0.25) is 0 Å². The van der Waals surface area contributed by atoms with Gasteiger partial charge in [0.25, 0.3) is 0 Å². The number of aliphatic hydroxyl groups excluding tert-OH is 1. The van der Waals surface area contributed by atoms with E-state index in [0.29, 0.717) is 6.42 Å². The molecule has 1 N–H and O–H groups in total. The van der Waals surface area contributed by atoms with Crippen molar-refractivity contribution in [3.63, 3.8) is 0 Å². The van der Waals surface area contributed by atoms with Crippen LogP contribution in [0, 0.1) is 0 Å². The topological polar surface area (TPSA) is 46.0 Å². The van der Waals surface area contributed by atoms with Crippen molar-refractivity contribution in [2.45, 2.75) is 18.9 Å². The van der Waals surface area contributed by atoms with Gasteiger partial charge in [-0.2, -0.15) is 0 Å². The summed E-state index contributed by atoms with van der Waals surface area (Å²) in [7, 11) is 0. The molecule has 0 aliphatic rings. The van der Waals surface area contributed by atoms with E-state index in [1.165, 1.54) is 5.56 Å². The third-order valence-electron chi connectivity index (χ3n) is 3.44. The lowest BCUT2D eigenvalue weighted by molar-refractivity contribution is 0.169. The van der Waals surface area contributed by atoms with Gasteiger partial charge in [0.1, 0.15) is 0 Å². The first-order valence-corrected chi connectivity index (χ1v) is 6.76. The van der Waals surface area contributed by atoms with Gasteiger partial charge >= 0.3 is 0 Å². The summed E-state index contributed by atoms with van der Waals surface area (Å²) >= 11 is 0. The Morgan fingerprint density at radius 1 is 0.900 bits per heavy atom. The summed E-state index contributed by atoms with van der Waals surface area (Å²) in [6.07, 6.45) is 4.34. The number of nitrogens with zero attached hydrogens (tertiary/aromatic N) is 2. The molecule has 1 heterocycles. The molecule has 100 valence electrons. The molecule has 0 aliphatic heterocycles. The maximum absolute atomic E-state index is 10.4. The van der Waals surface area contributed by atoms with E-state index in [1.807, 2.05) is 36.4 Å². The standard InChI is InChI=1S/C17H16N2O/c20-16(10-9-13-5-2-1-3-6-13)14-7-4-8-15-17(14)19-12-11-18-15/h1-8,11-12,16,20H,9-10H2. The number of fused-ring (bicyclic) bond motifs is 1. The fraction of sp³-hybridized carbons (Fsp3) is 0.176. The van der Waals surface area contributed by atoms with Crippen molar-refractivity contribution in [2.24, 2.45) is 0 Å². The van der Waals surface area contributed by atoms with Gasteiger partial charge in [-0.15, -0.1) is 0 Å². The molecule has 0 radical (unpaired) electrons. The van der Waals surface area contributed by atoms with Crippen LogP contribution in [0.15, 0.2) is 60.9 Å². The van der Waals surface area contributed by atoms with Crippen molar-refractivity contribution < 1.29 is 5.11 Å². The van der Waals surface area contributed by atoms with Crippen LogP contribution in [0.5, 0.6) is 0 Å². The van der Waals surface area contributed by atoms with E-state index in [2.05, 4.69) is 22.1 Å². The van der Waals surface area contributed by atoms with Crippen molar-refractivity contribution >= 4 is 11.0 Å². The lowest BCUT2D eigenvalue weighted by Gasteiger charge is -2.12. The summed E-state index contributed by atoms with van der Waals surface area (Å²) in [6.45, 7) is 0. The van der Waals surface area contributed by atoms with Crippen molar-refractivity contribution in [1.29, 1.82) is 0 Å². The molecule has 0 saturated heterocycles. The smallest absolute Gasteiger partial charge is 0.0944 e. The summed E-state index contributed by atoms with van der Waals surface area (Å²) in [5.74, 6) is 0. The number of aryl methyl sites for hydroxylation is 1. The van der Waals surface area contributed by atoms with Gasteiger partial charge in [-0.25, -0.2) is 0 Å². The number of hydrogen-bond donors (Lipinski definition) is 1. The Kier molecular flexibility index (Phi) is 3.70. The maximum Gasteiger partial charge on any atom is 0.0944 e. The summed E-state index contributed by atoms with van der Waals surface area (Å²) < 4.78 is 0. The van der Waals surface area contributed by atoms with E-state index in [0.717, 1.165) is 23.0 Å². The van der Waals surface area contributed by atoms with Crippen LogP contribution in [0.3, 0.4) is 0 Å². The molecule has 2 aromatic carbocycles. The molecule has 3 aromatic rings. The van der Waals surface area contributed by atoms with Gasteiger partial charge in [-0.05, 0) is 24.5 Å². The molecule has 0 saturated carbocycles. The first-order chi connectivity index (χ1) is 9.84. The van der Waals surface area contributed by atoms with E-state index in [4.69, 9.17) is 0 Å². The average Bonchev–Trinajstić information content (AvgIpc) is 2.53. The number of hydrogen-bond acceptors (Lipinski definition) is 3. The fourth-order valence-electron chi connectivity index (χ4n) is 2.39. The number of aliphatic hydroxyl groups is 1. The Bertz CT molecular complexity index is 692. The molecule has 0 amide bonds. The third kappa shape index (κ3) is 2.68. The van der Waals surface area contributed by atoms with Crippen LogP contribution in [0.4, 0.5) is 0 Å². The van der Waals surface area contributed by atoms with Crippen LogP contribution in [-0.4, -0.2) is 15.1 Å². The lowest BCUT2D eigenvalue weighted by atomic mass is 10.00. The molecule has 0 aliphatic carbocycles. The second-order valence-electron chi connectivity index (χ2n) is 4.81. The Morgan fingerprint density at radius 2 is 1.70 bits per heavy atom. The second-order valence-corrected chi connectivity index (χ2v) is 4.81. The molecule has 0 fully saturated rings. The largest absolute Gasteiger partial charge is 0.388 e. The average molecular weight is 264 g/mol. The first-order valence-electron chi connectivity index (χ1n) is 6.76. The summed E-state index contributed by atoms with van der Waals surface area (Å²) in [5.41, 5.74) is 3.70. The minimum absolute atomic E-state index is 0.518. The minimum atomic E-state index is -0.518. The molecule has 1 atom stereocenters. The molecular weight excluding hydrogens is 248 g/mol. The summed E-state index contributed by atoms with van der Waals surface area (Å²) in [6, 6.07) is 15.9. The van der Waals surface area contributed by atoms with Gasteiger partial charge < -0.3 is 5.11 Å². The van der Waals surface area contributed by atoms with Gasteiger partial charge in [-0.3, -0.25) is 9.97 Å². The lowest BCUT2D eigenvalue weighted by Crippen LogP contribution is -2.02. The van der Waals surface area contributed by atoms with Gasteiger partial charge in [0.05, 0.1) is 17.1 Å². The highest BCUT2D eigenvalue weighted by Gasteiger charge is 2.12. The van der Waals surface area contributed by atoms with Crippen molar-refractivity contribution in [3.05, 3.63) is 72.1 Å². The molecule has 0 spiro atoms. The monoisotopic (exact) mass is 264 g/mol. The molecule has 3 heteroatoms. The third-order valence-corrected chi connectivity index (χ3v) is 3.44. The van der Waals surface area contributed by atoms with Gasteiger partial charge in [0, 0.05) is 18.0 Å². The Balaban J connectivity index is 1.80. The van der Waals surface area contributed by atoms with Crippen molar-refractivity contribution in [1.82, 2.24) is 9.97 Å². The predicted octanol–water partition coefficient (Wildman–Crippen LogP) is 3.30. The van der Waals surface area contributed by atoms with E-state index in [1.54, 1.807) is 12.4 Å². The highest BCUT2D eigenvalue weighted by molar-refractivity contribution is 5.77. The van der Waals surface area contributed by atoms with Crippen LogP contribution in [0.2, 0.25) is 0 Å². The molecular formula is C17H16N2O. The molecule has 0 bridgehead atoms. The predicted molar refractivity (Wildman–Crippen MR) is 79.3 cm³/mol. The highest BCUT2D eigenvalue weighted by Crippen LogP contribution is 2.24. The van der Waals surface area contributed by atoms with E-state index >= 15 is 0 Å². The quantitative estimate of drug-likeness (QED) is 0.786. The van der Waals surface area contributed by atoms with Crippen LogP contribution >= 0.6 is 0 Å². The zero-order valence-electron chi connectivity index (χ0n) is 11.1. The van der Waals surface area contributed by atoms with E-state index in [-0.39, 0.29) is 0 Å². The van der Waals surface area contributed by atoms with Crippen molar-refractivity contribution in [2.75, 3.05) is 0 Å². The molecule has 20 heavy (non-hydrogen) atoms. The molecule has 1 unspecified atom stereocenters. The maximum atomic E-state index is 10.4. The highest BCUT2D eigenvalue weighted by atomic mass is 16.3. The molecule has 3 nitrogen and oxygen atoms in total. The normalized spacial score (nSPS) is 12.4. The SMILES string of the molecule is OC(CCc1ccccc1)c1cccc2nccnc12. The molecule has 1 aromatic heterocycles. The first kappa shape index (κ1) is 12.8. The number of rotatable bonds is 4. The minimum Gasteiger partial charge on any atom is -0.388 e. The van der Waals surface area contributed by atoms with Crippen LogP contribution < -0.4 is 0 Å². The van der Waals surface area contributed by atoms with Crippen LogP contribution in [-0.2, 0) is 6.42 Å². The Morgan fingerprint density at radius 3 is 2.55 bits per heavy atom. The van der Waals surface area contributed by atoms with Crippen molar-refractivity contribution in [3.8, 4) is 0 Å². The molecule has 3 rings (SSSR count). The number of aromatic nitrogens is 2. The van der Waals surface area contributed by atoms with E-state index < -0.39 is 6.10 Å². The van der Waals surface area contributed by atoms with Gasteiger partial charge in [-0.1, -0.05) is 42.5 Å². The van der Waals surface area contributed by atoms with E-state index in [9.17, 15) is 5.11 Å². The second kappa shape index (κ2) is 5.80.